The van der Waals surface area contributed by atoms with Gasteiger partial charge in [0, 0.05) is 26.9 Å². The molecule has 0 aromatic carbocycles. The van der Waals surface area contributed by atoms with Crippen molar-refractivity contribution >= 4 is 0 Å². The van der Waals surface area contributed by atoms with E-state index in [4.69, 9.17) is 19.5 Å². The van der Waals surface area contributed by atoms with Crippen molar-refractivity contribution in [2.45, 2.75) is 39.5 Å². The number of hydrogen-bond acceptors (Lipinski definition) is 4. The maximum absolute atomic E-state index is 8.85. The average Bonchev–Trinajstić information content (AvgIpc) is 2.36. The Balaban J connectivity index is 3.11. The van der Waals surface area contributed by atoms with E-state index in [1.54, 1.807) is 7.11 Å². The molecular weight excluding hydrogens is 230 g/mol. The largest absolute Gasteiger partial charge is 0.385 e. The fourth-order valence-corrected chi connectivity index (χ4v) is 1.45. The van der Waals surface area contributed by atoms with E-state index in [0.29, 0.717) is 13.2 Å². The van der Waals surface area contributed by atoms with Gasteiger partial charge in [0.15, 0.2) is 0 Å². The first-order chi connectivity index (χ1) is 8.62. The van der Waals surface area contributed by atoms with E-state index in [2.05, 4.69) is 6.07 Å². The van der Waals surface area contributed by atoms with Gasteiger partial charge in [0.05, 0.1) is 24.7 Å². The molecule has 0 aliphatic carbocycles. The van der Waals surface area contributed by atoms with Gasteiger partial charge in [-0.1, -0.05) is 0 Å². The lowest BCUT2D eigenvalue weighted by Gasteiger charge is -2.14. The lowest BCUT2D eigenvalue weighted by molar-refractivity contribution is 0.0383. The van der Waals surface area contributed by atoms with Gasteiger partial charge >= 0.3 is 0 Å². The molecule has 0 bridgehead atoms. The Bertz CT molecular complexity index is 224. The van der Waals surface area contributed by atoms with Gasteiger partial charge < -0.3 is 14.2 Å². The average molecular weight is 257 g/mol. The molecule has 0 spiro atoms. The van der Waals surface area contributed by atoms with Crippen molar-refractivity contribution in [3.05, 3.63) is 0 Å². The second-order valence-electron chi connectivity index (χ2n) is 5.02. The lowest BCUT2D eigenvalue weighted by atomic mass is 9.89. The SMILES string of the molecule is COCCCOCCOCCCCC(C)(C)C#N. The van der Waals surface area contributed by atoms with E-state index in [1.165, 1.54) is 0 Å². The maximum atomic E-state index is 8.85. The van der Waals surface area contributed by atoms with Crippen LogP contribution in [-0.2, 0) is 14.2 Å². The number of nitrogens with zero attached hydrogens (tertiary/aromatic N) is 1. The summed E-state index contributed by atoms with van der Waals surface area (Å²) in [6.45, 7) is 7.47. The number of methoxy groups -OCH3 is 1. The van der Waals surface area contributed by atoms with Crippen LogP contribution in [0.4, 0.5) is 0 Å². The normalized spacial score (nSPS) is 11.4. The first-order valence-electron chi connectivity index (χ1n) is 6.68. The summed E-state index contributed by atoms with van der Waals surface area (Å²) < 4.78 is 15.7. The van der Waals surface area contributed by atoms with Crippen molar-refractivity contribution in [2.24, 2.45) is 5.41 Å². The van der Waals surface area contributed by atoms with Gasteiger partial charge in [0.25, 0.3) is 0 Å². The zero-order valence-electron chi connectivity index (χ0n) is 12.0. The summed E-state index contributed by atoms with van der Waals surface area (Å²) in [4.78, 5) is 0. The second kappa shape index (κ2) is 11.5. The van der Waals surface area contributed by atoms with Gasteiger partial charge in [-0.2, -0.15) is 5.26 Å². The number of unbranched alkanes of at least 4 members (excludes halogenated alkanes) is 1. The van der Waals surface area contributed by atoms with Crippen LogP contribution >= 0.6 is 0 Å². The minimum atomic E-state index is -0.204. The molecule has 0 amide bonds. The summed E-state index contributed by atoms with van der Waals surface area (Å²) in [5, 5.41) is 8.85. The van der Waals surface area contributed by atoms with Gasteiger partial charge in [-0.15, -0.1) is 0 Å². The lowest BCUT2D eigenvalue weighted by Crippen LogP contribution is -2.09. The highest BCUT2D eigenvalue weighted by molar-refractivity contribution is 4.91. The van der Waals surface area contributed by atoms with Crippen LogP contribution in [0.2, 0.25) is 0 Å². The minimum absolute atomic E-state index is 0.204. The highest BCUT2D eigenvalue weighted by atomic mass is 16.5. The first kappa shape index (κ1) is 17.4. The van der Waals surface area contributed by atoms with Gasteiger partial charge in [-0.3, -0.25) is 0 Å². The predicted molar refractivity (Wildman–Crippen MR) is 71.4 cm³/mol. The molecule has 0 aliphatic heterocycles. The number of nitriles is 1. The zero-order chi connectivity index (χ0) is 13.7. The molecular formula is C14H27NO3. The summed E-state index contributed by atoms with van der Waals surface area (Å²) in [6.07, 6.45) is 3.91. The highest BCUT2D eigenvalue weighted by Crippen LogP contribution is 2.21. The molecule has 18 heavy (non-hydrogen) atoms. The first-order valence-corrected chi connectivity index (χ1v) is 6.68. The third kappa shape index (κ3) is 11.8. The Morgan fingerprint density at radius 1 is 0.889 bits per heavy atom. The molecule has 0 heterocycles. The van der Waals surface area contributed by atoms with E-state index in [0.717, 1.165) is 45.5 Å². The van der Waals surface area contributed by atoms with Crippen LogP contribution in [-0.4, -0.2) is 40.1 Å². The minimum Gasteiger partial charge on any atom is -0.385 e. The molecule has 0 rings (SSSR count). The highest BCUT2D eigenvalue weighted by Gasteiger charge is 2.15. The molecule has 0 aliphatic rings. The monoisotopic (exact) mass is 257 g/mol. The fraction of sp³-hybridized carbons (Fsp3) is 0.929. The van der Waals surface area contributed by atoms with E-state index in [-0.39, 0.29) is 5.41 Å². The van der Waals surface area contributed by atoms with Gasteiger partial charge in [-0.05, 0) is 39.5 Å². The summed E-state index contributed by atoms with van der Waals surface area (Å²) in [5.74, 6) is 0. The maximum Gasteiger partial charge on any atom is 0.0700 e. The van der Waals surface area contributed by atoms with Crippen molar-refractivity contribution in [1.82, 2.24) is 0 Å². The third-order valence-corrected chi connectivity index (χ3v) is 2.65. The molecule has 0 fully saturated rings. The summed E-state index contributed by atoms with van der Waals surface area (Å²) in [5.41, 5.74) is -0.204. The van der Waals surface area contributed by atoms with Crippen LogP contribution in [0.1, 0.15) is 39.5 Å². The van der Waals surface area contributed by atoms with E-state index in [1.807, 2.05) is 13.8 Å². The number of rotatable bonds is 12. The van der Waals surface area contributed by atoms with Crippen molar-refractivity contribution in [3.63, 3.8) is 0 Å². The van der Waals surface area contributed by atoms with Gasteiger partial charge in [0.1, 0.15) is 0 Å². The Kier molecular flexibility index (Phi) is 11.1. The molecule has 106 valence electrons. The van der Waals surface area contributed by atoms with E-state index < -0.39 is 0 Å². The van der Waals surface area contributed by atoms with Gasteiger partial charge in [0.2, 0.25) is 0 Å². The van der Waals surface area contributed by atoms with E-state index in [9.17, 15) is 0 Å². The topological polar surface area (TPSA) is 51.5 Å². The van der Waals surface area contributed by atoms with Crippen molar-refractivity contribution in [1.29, 1.82) is 5.26 Å². The summed E-state index contributed by atoms with van der Waals surface area (Å²) in [6, 6.07) is 2.31. The Hall–Kier alpha value is -0.630. The number of hydrogen-bond donors (Lipinski definition) is 0. The van der Waals surface area contributed by atoms with Crippen LogP contribution in [0.5, 0.6) is 0 Å². The molecule has 0 N–H and O–H groups in total. The molecule has 0 atom stereocenters. The van der Waals surface area contributed by atoms with Crippen LogP contribution < -0.4 is 0 Å². The van der Waals surface area contributed by atoms with Crippen molar-refractivity contribution in [3.8, 4) is 6.07 Å². The molecule has 4 heteroatoms. The smallest absolute Gasteiger partial charge is 0.0700 e. The standard InChI is InChI=1S/C14H27NO3/c1-14(2,13-15)7-4-5-9-17-11-12-18-10-6-8-16-3/h4-12H2,1-3H3. The predicted octanol–water partition coefficient (Wildman–Crippen LogP) is 2.78. The molecule has 0 radical (unpaired) electrons. The molecule has 0 aromatic heterocycles. The number of ether oxygens (including phenoxy) is 3. The van der Waals surface area contributed by atoms with Crippen molar-refractivity contribution < 1.29 is 14.2 Å². The fourth-order valence-electron chi connectivity index (χ4n) is 1.45. The molecule has 0 saturated heterocycles. The molecule has 4 nitrogen and oxygen atoms in total. The van der Waals surface area contributed by atoms with E-state index >= 15 is 0 Å². The Labute approximate surface area is 111 Å². The van der Waals surface area contributed by atoms with Crippen LogP contribution in [0.15, 0.2) is 0 Å². The Morgan fingerprint density at radius 3 is 2.06 bits per heavy atom. The van der Waals surface area contributed by atoms with Crippen LogP contribution in [0.25, 0.3) is 0 Å². The second-order valence-corrected chi connectivity index (χ2v) is 5.02. The molecule has 0 saturated carbocycles. The van der Waals surface area contributed by atoms with Crippen molar-refractivity contribution in [2.75, 3.05) is 40.1 Å². The summed E-state index contributed by atoms with van der Waals surface area (Å²) in [7, 11) is 1.69. The zero-order valence-corrected chi connectivity index (χ0v) is 12.0. The molecule has 0 unspecified atom stereocenters. The Morgan fingerprint density at radius 2 is 1.50 bits per heavy atom. The molecule has 0 aromatic rings. The quantitative estimate of drug-likeness (QED) is 0.504. The summed E-state index contributed by atoms with van der Waals surface area (Å²) >= 11 is 0. The van der Waals surface area contributed by atoms with Crippen LogP contribution in [0.3, 0.4) is 0 Å². The third-order valence-electron chi connectivity index (χ3n) is 2.65. The van der Waals surface area contributed by atoms with Crippen LogP contribution in [0, 0.1) is 16.7 Å². The van der Waals surface area contributed by atoms with Gasteiger partial charge in [-0.25, -0.2) is 0 Å².